The van der Waals surface area contributed by atoms with Crippen LogP contribution in [0.2, 0.25) is 0 Å². The Kier molecular flexibility index (Phi) is 3.99. The zero-order valence-electron chi connectivity index (χ0n) is 8.71. The van der Waals surface area contributed by atoms with Crippen LogP contribution in [0.25, 0.3) is 0 Å². The van der Waals surface area contributed by atoms with Gasteiger partial charge >= 0.3 is 12.4 Å². The summed E-state index contributed by atoms with van der Waals surface area (Å²) in [5, 5.41) is 0. The number of halogens is 7. The second kappa shape index (κ2) is 4.71. The van der Waals surface area contributed by atoms with Crippen LogP contribution in [0.3, 0.4) is 0 Å². The summed E-state index contributed by atoms with van der Waals surface area (Å²) >= 11 is 1.25. The van der Waals surface area contributed by atoms with Crippen molar-refractivity contribution >= 4 is 28.4 Å². The summed E-state index contributed by atoms with van der Waals surface area (Å²) in [5.74, 6) is -0.936. The second-order valence-corrected chi connectivity index (χ2v) is 4.59. The number of carbonyl (C=O) groups is 1. The predicted molar refractivity (Wildman–Crippen MR) is 59.2 cm³/mol. The number of hydrogen-bond donors (Lipinski definition) is 0. The molecule has 0 aliphatic carbocycles. The third-order valence-electron chi connectivity index (χ3n) is 2.10. The molecule has 0 saturated heterocycles. The molecule has 0 fully saturated rings. The van der Waals surface area contributed by atoms with E-state index in [0.29, 0.717) is 6.07 Å². The molecule has 0 unspecified atom stereocenters. The molecule has 0 spiro atoms. The van der Waals surface area contributed by atoms with Crippen LogP contribution in [-0.2, 0) is 12.4 Å². The number of hydrogen-bond acceptors (Lipinski definition) is 1. The van der Waals surface area contributed by atoms with Crippen molar-refractivity contribution < 1.29 is 31.1 Å². The highest BCUT2D eigenvalue weighted by atomic mass is 127. The van der Waals surface area contributed by atoms with Crippen molar-refractivity contribution in [2.45, 2.75) is 19.3 Å². The minimum absolute atomic E-state index is 0.0293. The summed E-state index contributed by atoms with van der Waals surface area (Å²) < 4.78 is 74.8. The summed E-state index contributed by atoms with van der Waals surface area (Å²) in [5.41, 5.74) is -3.73. The van der Waals surface area contributed by atoms with Gasteiger partial charge in [-0.15, -0.1) is 0 Å². The second-order valence-electron chi connectivity index (χ2n) is 3.43. The maximum Gasteiger partial charge on any atom is 0.417 e. The molecule has 100 valence electrons. The Labute approximate surface area is 111 Å². The first-order valence-corrected chi connectivity index (χ1v) is 5.51. The Hall–Kier alpha value is -0.800. The van der Waals surface area contributed by atoms with E-state index < -0.39 is 38.4 Å². The number of carbonyl (C=O) groups excluding carboxylic acids is 1. The van der Waals surface area contributed by atoms with Gasteiger partial charge in [-0.3, -0.25) is 4.79 Å². The summed E-state index contributed by atoms with van der Waals surface area (Å²) in [7, 11) is 0. The van der Waals surface area contributed by atoms with Gasteiger partial charge in [0.15, 0.2) is 5.78 Å². The van der Waals surface area contributed by atoms with E-state index in [-0.39, 0.29) is 6.07 Å². The fraction of sp³-hybridized carbons (Fsp3) is 0.300. The van der Waals surface area contributed by atoms with Gasteiger partial charge in [-0.1, -0.05) is 0 Å². The number of alkyl halides is 6. The summed E-state index contributed by atoms with van der Waals surface area (Å²) in [6.45, 7) is 0.869. The smallest absolute Gasteiger partial charge is 0.294 e. The molecular weight excluding hydrogens is 377 g/mol. The van der Waals surface area contributed by atoms with Gasteiger partial charge in [0.1, 0.15) is 0 Å². The maximum atomic E-state index is 12.6. The molecule has 0 saturated carbocycles. The quantitative estimate of drug-likeness (QED) is 0.396. The van der Waals surface area contributed by atoms with Crippen molar-refractivity contribution in [2.24, 2.45) is 0 Å². The lowest BCUT2D eigenvalue weighted by molar-refractivity contribution is -0.143. The van der Waals surface area contributed by atoms with E-state index in [9.17, 15) is 31.1 Å². The normalized spacial score (nSPS) is 12.7. The van der Waals surface area contributed by atoms with Crippen LogP contribution < -0.4 is 0 Å². The topological polar surface area (TPSA) is 17.1 Å². The van der Waals surface area contributed by atoms with Crippen molar-refractivity contribution in [3.63, 3.8) is 0 Å². The molecule has 0 radical (unpaired) electrons. The lowest BCUT2D eigenvalue weighted by Gasteiger charge is -2.16. The van der Waals surface area contributed by atoms with Crippen molar-refractivity contribution in [3.05, 3.63) is 32.4 Å². The highest BCUT2D eigenvalue weighted by molar-refractivity contribution is 14.1. The van der Waals surface area contributed by atoms with Crippen LogP contribution in [0.15, 0.2) is 12.1 Å². The highest BCUT2D eigenvalue weighted by Gasteiger charge is 2.40. The lowest BCUT2D eigenvalue weighted by Crippen LogP contribution is -2.16. The Morgan fingerprint density at radius 2 is 1.44 bits per heavy atom. The van der Waals surface area contributed by atoms with Crippen molar-refractivity contribution in [1.29, 1.82) is 0 Å². The molecule has 0 bridgehead atoms. The van der Waals surface area contributed by atoms with Crippen LogP contribution in [-0.4, -0.2) is 5.78 Å². The zero-order chi connectivity index (χ0) is 14.3. The predicted octanol–water partition coefficient (Wildman–Crippen LogP) is 4.53. The number of rotatable bonds is 1. The van der Waals surface area contributed by atoms with Gasteiger partial charge in [0.25, 0.3) is 0 Å². The van der Waals surface area contributed by atoms with E-state index in [1.807, 2.05) is 0 Å². The van der Waals surface area contributed by atoms with Crippen LogP contribution in [0.4, 0.5) is 26.3 Å². The highest BCUT2D eigenvalue weighted by Crippen LogP contribution is 2.39. The zero-order valence-corrected chi connectivity index (χ0v) is 10.9. The third-order valence-corrected chi connectivity index (χ3v) is 2.99. The SMILES string of the molecule is CC(=O)c1cc(I)c(C(F)(F)F)cc1C(F)(F)F. The molecule has 1 aromatic carbocycles. The molecule has 0 atom stereocenters. The monoisotopic (exact) mass is 382 g/mol. The molecule has 1 nitrogen and oxygen atoms in total. The van der Waals surface area contributed by atoms with Crippen molar-refractivity contribution in [1.82, 2.24) is 0 Å². The minimum Gasteiger partial charge on any atom is -0.294 e. The van der Waals surface area contributed by atoms with Gasteiger partial charge in [-0.05, 0) is 41.6 Å². The minimum atomic E-state index is -5.01. The summed E-state index contributed by atoms with van der Waals surface area (Å²) in [6, 6.07) is 0.576. The van der Waals surface area contributed by atoms with Crippen molar-refractivity contribution in [3.8, 4) is 0 Å². The van der Waals surface area contributed by atoms with Gasteiger partial charge in [-0.25, -0.2) is 0 Å². The number of Topliss-reactive ketones (excluding diaryl/α,β-unsaturated/α-hetero) is 1. The van der Waals surface area contributed by atoms with Crippen LogP contribution >= 0.6 is 22.6 Å². The first kappa shape index (κ1) is 15.3. The molecule has 1 rings (SSSR count). The molecule has 1 aromatic rings. The molecule has 18 heavy (non-hydrogen) atoms. The first-order valence-electron chi connectivity index (χ1n) is 4.43. The average molecular weight is 382 g/mol. The molecule has 0 heterocycles. The Morgan fingerprint density at radius 3 is 1.78 bits per heavy atom. The van der Waals surface area contributed by atoms with Crippen molar-refractivity contribution in [2.75, 3.05) is 0 Å². The van der Waals surface area contributed by atoms with Gasteiger partial charge in [-0.2, -0.15) is 26.3 Å². The Bertz CT molecular complexity index is 488. The molecular formula is C10H5F6IO. The molecule has 0 N–H and O–H groups in total. The van der Waals surface area contributed by atoms with Gasteiger partial charge in [0.05, 0.1) is 11.1 Å². The molecule has 0 aliphatic heterocycles. The van der Waals surface area contributed by atoms with Crippen LogP contribution in [0, 0.1) is 3.57 Å². The molecule has 0 amide bonds. The number of benzene rings is 1. The van der Waals surface area contributed by atoms with E-state index in [4.69, 9.17) is 0 Å². The molecule has 0 aliphatic rings. The fourth-order valence-electron chi connectivity index (χ4n) is 1.32. The third kappa shape index (κ3) is 3.15. The first-order chi connectivity index (χ1) is 7.94. The van der Waals surface area contributed by atoms with Gasteiger partial charge in [0, 0.05) is 9.13 Å². The Morgan fingerprint density at radius 1 is 1.00 bits per heavy atom. The van der Waals surface area contributed by atoms with Crippen LogP contribution in [0.5, 0.6) is 0 Å². The van der Waals surface area contributed by atoms with E-state index >= 15 is 0 Å². The van der Waals surface area contributed by atoms with E-state index in [1.54, 1.807) is 0 Å². The molecule has 0 aromatic heterocycles. The van der Waals surface area contributed by atoms with Gasteiger partial charge in [0.2, 0.25) is 0 Å². The maximum absolute atomic E-state index is 12.6. The standard InChI is InChI=1S/C10H5F6IO/c1-4(18)5-2-8(17)7(10(14,15)16)3-6(5)9(11,12)13/h2-3H,1H3. The summed E-state index contributed by atoms with van der Waals surface area (Å²) in [4.78, 5) is 11.0. The fourth-order valence-corrected chi connectivity index (χ4v) is 2.09. The van der Waals surface area contributed by atoms with E-state index in [0.717, 1.165) is 6.92 Å². The average Bonchev–Trinajstić information content (AvgIpc) is 2.12. The Balaban J connectivity index is 3.62. The largest absolute Gasteiger partial charge is 0.417 e. The van der Waals surface area contributed by atoms with E-state index in [1.165, 1.54) is 22.6 Å². The lowest BCUT2D eigenvalue weighted by atomic mass is 10.0. The number of ketones is 1. The molecule has 8 heteroatoms. The summed E-state index contributed by atoms with van der Waals surface area (Å²) in [6.07, 6.45) is -9.91. The van der Waals surface area contributed by atoms with Crippen LogP contribution in [0.1, 0.15) is 28.4 Å². The van der Waals surface area contributed by atoms with Gasteiger partial charge < -0.3 is 0 Å². The van der Waals surface area contributed by atoms with E-state index in [2.05, 4.69) is 0 Å².